The zero-order valence-electron chi connectivity index (χ0n) is 10.00. The molecule has 1 aromatic carbocycles. The number of nitrogens with two attached hydrogens (primary N) is 1. The highest BCUT2D eigenvalue weighted by Gasteiger charge is 2.38. The van der Waals surface area contributed by atoms with Gasteiger partial charge in [0.1, 0.15) is 6.61 Å². The lowest BCUT2D eigenvalue weighted by atomic mass is 10.0. The molecule has 19 heavy (non-hydrogen) atoms. The van der Waals surface area contributed by atoms with Crippen LogP contribution in [0.1, 0.15) is 18.5 Å². The van der Waals surface area contributed by atoms with Crippen molar-refractivity contribution in [2.75, 3.05) is 13.2 Å². The highest BCUT2D eigenvalue weighted by atomic mass is 35.5. The fourth-order valence-corrected chi connectivity index (χ4v) is 1.65. The number of hydrogen-bond donors (Lipinski definition) is 2. The normalized spacial score (nSPS) is 12.8. The van der Waals surface area contributed by atoms with Gasteiger partial charge in [0.15, 0.2) is 11.6 Å². The second-order valence-electron chi connectivity index (χ2n) is 3.64. The number of aliphatic hydroxyl groups is 1. The molecular weight excluding hydrogens is 306 g/mol. The molecule has 0 unspecified atom stereocenters. The number of rotatable bonds is 5. The van der Waals surface area contributed by atoms with Crippen molar-refractivity contribution in [1.29, 1.82) is 0 Å². The summed E-state index contributed by atoms with van der Waals surface area (Å²) < 4.78 is 44.9. The molecular formula is C11H14Cl2F3NO2. The lowest BCUT2D eigenvalue weighted by Gasteiger charge is -2.22. The third-order valence-corrected chi connectivity index (χ3v) is 2.61. The monoisotopic (exact) mass is 319 g/mol. The summed E-state index contributed by atoms with van der Waals surface area (Å²) in [5.41, 5.74) is 5.06. The van der Waals surface area contributed by atoms with Gasteiger partial charge in [-0.2, -0.15) is 0 Å². The predicted octanol–water partition coefficient (Wildman–Crippen LogP) is 2.93. The van der Waals surface area contributed by atoms with Crippen molar-refractivity contribution in [3.05, 3.63) is 28.5 Å². The highest BCUT2D eigenvalue weighted by Crippen LogP contribution is 2.35. The van der Waals surface area contributed by atoms with Crippen LogP contribution in [0.4, 0.5) is 13.2 Å². The van der Waals surface area contributed by atoms with Crippen LogP contribution in [0, 0.1) is 5.82 Å². The molecule has 1 atom stereocenters. The molecule has 3 N–H and O–H groups in total. The second-order valence-corrected chi connectivity index (χ2v) is 4.05. The Bertz CT molecular complexity index is 409. The molecule has 0 saturated heterocycles. The Morgan fingerprint density at radius 3 is 2.47 bits per heavy atom. The lowest BCUT2D eigenvalue weighted by Crippen LogP contribution is -2.36. The summed E-state index contributed by atoms with van der Waals surface area (Å²) in [6.45, 7) is 0.394. The molecule has 0 radical (unpaired) electrons. The first kappa shape index (κ1) is 18.3. The molecule has 1 aromatic rings. The molecule has 0 aromatic heterocycles. The van der Waals surface area contributed by atoms with Gasteiger partial charge in [-0.3, -0.25) is 0 Å². The Morgan fingerprint density at radius 1 is 1.47 bits per heavy atom. The molecule has 0 spiro atoms. The fourth-order valence-electron chi connectivity index (χ4n) is 1.38. The zero-order chi connectivity index (χ0) is 13.9. The first-order valence-corrected chi connectivity index (χ1v) is 5.57. The largest absolute Gasteiger partial charge is 0.489 e. The van der Waals surface area contributed by atoms with E-state index in [9.17, 15) is 13.2 Å². The number of benzene rings is 1. The smallest absolute Gasteiger partial charge is 0.289 e. The number of halogens is 5. The minimum Gasteiger partial charge on any atom is -0.489 e. The second kappa shape index (κ2) is 7.19. The van der Waals surface area contributed by atoms with Gasteiger partial charge in [-0.1, -0.05) is 11.6 Å². The van der Waals surface area contributed by atoms with E-state index < -0.39 is 24.4 Å². The van der Waals surface area contributed by atoms with E-state index in [-0.39, 0.29) is 35.3 Å². The standard InChI is InChI=1S/C11H13ClF3NO2.ClH/c1-2-18-9-7(12)3-6(4-8(9)13)10(16)11(14,15)5-17;/h3-4,10,17H,2,5,16H2,1H3;1H/t10-;/m1./s1. The average Bonchev–Trinajstić information content (AvgIpc) is 2.32. The number of ether oxygens (including phenoxy) is 1. The number of hydrogen-bond acceptors (Lipinski definition) is 3. The molecule has 0 aliphatic carbocycles. The van der Waals surface area contributed by atoms with E-state index in [1.54, 1.807) is 6.92 Å². The van der Waals surface area contributed by atoms with Gasteiger partial charge in [-0.05, 0) is 24.6 Å². The predicted molar refractivity (Wildman–Crippen MR) is 68.8 cm³/mol. The van der Waals surface area contributed by atoms with Crippen LogP contribution in [0.5, 0.6) is 5.75 Å². The summed E-state index contributed by atoms with van der Waals surface area (Å²) >= 11 is 5.72. The van der Waals surface area contributed by atoms with Crippen molar-refractivity contribution in [1.82, 2.24) is 0 Å². The van der Waals surface area contributed by atoms with Gasteiger partial charge in [0.25, 0.3) is 5.92 Å². The fraction of sp³-hybridized carbons (Fsp3) is 0.455. The van der Waals surface area contributed by atoms with Crippen LogP contribution >= 0.6 is 24.0 Å². The Kier molecular flexibility index (Phi) is 6.93. The van der Waals surface area contributed by atoms with Crippen LogP contribution in [-0.2, 0) is 0 Å². The third-order valence-electron chi connectivity index (χ3n) is 2.33. The molecule has 0 amide bonds. The van der Waals surface area contributed by atoms with Gasteiger partial charge in [0, 0.05) is 0 Å². The van der Waals surface area contributed by atoms with Crippen molar-refractivity contribution in [3.63, 3.8) is 0 Å². The summed E-state index contributed by atoms with van der Waals surface area (Å²) in [4.78, 5) is 0. The van der Waals surface area contributed by atoms with Gasteiger partial charge in [-0.15, -0.1) is 12.4 Å². The average molecular weight is 320 g/mol. The highest BCUT2D eigenvalue weighted by molar-refractivity contribution is 6.32. The Labute approximate surface area is 119 Å². The SMILES string of the molecule is CCOc1c(F)cc([C@@H](N)C(F)(F)CO)cc1Cl.Cl. The molecule has 0 saturated carbocycles. The summed E-state index contributed by atoms with van der Waals surface area (Å²) in [7, 11) is 0. The van der Waals surface area contributed by atoms with Crippen molar-refractivity contribution < 1.29 is 23.0 Å². The van der Waals surface area contributed by atoms with Crippen LogP contribution < -0.4 is 10.5 Å². The Morgan fingerprint density at radius 2 is 2.05 bits per heavy atom. The van der Waals surface area contributed by atoms with E-state index in [0.29, 0.717) is 0 Å². The first-order valence-electron chi connectivity index (χ1n) is 5.19. The summed E-state index contributed by atoms with van der Waals surface area (Å²) in [6, 6.07) is 0.0831. The van der Waals surface area contributed by atoms with E-state index in [1.165, 1.54) is 0 Å². The molecule has 0 aliphatic rings. The summed E-state index contributed by atoms with van der Waals surface area (Å²) in [6.07, 6.45) is 0. The quantitative estimate of drug-likeness (QED) is 0.877. The minimum absolute atomic E-state index is 0. The number of alkyl halides is 2. The summed E-state index contributed by atoms with van der Waals surface area (Å²) in [5.74, 6) is -4.63. The van der Waals surface area contributed by atoms with Gasteiger partial charge in [-0.25, -0.2) is 13.2 Å². The van der Waals surface area contributed by atoms with E-state index in [0.717, 1.165) is 12.1 Å². The van der Waals surface area contributed by atoms with Crippen molar-refractivity contribution >= 4 is 24.0 Å². The zero-order valence-corrected chi connectivity index (χ0v) is 11.6. The maximum absolute atomic E-state index is 13.6. The minimum atomic E-state index is -3.55. The number of aliphatic hydroxyl groups excluding tert-OH is 1. The van der Waals surface area contributed by atoms with Gasteiger partial charge < -0.3 is 15.6 Å². The molecule has 0 aliphatic heterocycles. The van der Waals surface area contributed by atoms with Crippen molar-refractivity contribution in [3.8, 4) is 5.75 Å². The molecule has 8 heteroatoms. The van der Waals surface area contributed by atoms with Crippen molar-refractivity contribution in [2.24, 2.45) is 5.73 Å². The van der Waals surface area contributed by atoms with Gasteiger partial charge in [0.05, 0.1) is 17.7 Å². The maximum Gasteiger partial charge on any atom is 0.289 e. The summed E-state index contributed by atoms with van der Waals surface area (Å²) in [5, 5.41) is 8.38. The van der Waals surface area contributed by atoms with Crippen LogP contribution in [0.3, 0.4) is 0 Å². The van der Waals surface area contributed by atoms with E-state index >= 15 is 0 Å². The van der Waals surface area contributed by atoms with Crippen LogP contribution in [0.2, 0.25) is 5.02 Å². The maximum atomic E-state index is 13.6. The third kappa shape index (κ3) is 4.14. The lowest BCUT2D eigenvalue weighted by molar-refractivity contribution is -0.0712. The van der Waals surface area contributed by atoms with Crippen LogP contribution in [-0.4, -0.2) is 24.2 Å². The molecule has 3 nitrogen and oxygen atoms in total. The van der Waals surface area contributed by atoms with Gasteiger partial charge in [0.2, 0.25) is 0 Å². The van der Waals surface area contributed by atoms with Crippen molar-refractivity contribution in [2.45, 2.75) is 18.9 Å². The molecule has 110 valence electrons. The molecule has 0 fully saturated rings. The molecule has 1 rings (SSSR count). The molecule has 0 heterocycles. The topological polar surface area (TPSA) is 55.5 Å². The molecule has 0 bridgehead atoms. The van der Waals surface area contributed by atoms with E-state index in [4.69, 9.17) is 27.2 Å². The van der Waals surface area contributed by atoms with Crippen LogP contribution in [0.25, 0.3) is 0 Å². The van der Waals surface area contributed by atoms with E-state index in [1.807, 2.05) is 0 Å². The Balaban J connectivity index is 0.00000324. The van der Waals surface area contributed by atoms with Gasteiger partial charge >= 0.3 is 0 Å². The Hall–Kier alpha value is -0.690. The van der Waals surface area contributed by atoms with E-state index in [2.05, 4.69) is 0 Å². The first-order chi connectivity index (χ1) is 8.33. The van der Waals surface area contributed by atoms with Crippen LogP contribution in [0.15, 0.2) is 12.1 Å².